The number of halogens is 2. The maximum absolute atomic E-state index is 13.8. The third kappa shape index (κ3) is 4.45. The van der Waals surface area contributed by atoms with Crippen molar-refractivity contribution in [2.75, 3.05) is 13.6 Å². The summed E-state index contributed by atoms with van der Waals surface area (Å²) in [5.74, 6) is -1.36. The van der Waals surface area contributed by atoms with Crippen molar-refractivity contribution in [3.63, 3.8) is 0 Å². The van der Waals surface area contributed by atoms with E-state index in [4.69, 9.17) is 10.7 Å². The lowest BCUT2D eigenvalue weighted by Crippen LogP contribution is -2.28. The Bertz CT molecular complexity index is 589. The molecule has 0 saturated carbocycles. The Hall–Kier alpha value is -1.14. The molecule has 0 unspecified atom stereocenters. The maximum Gasteiger partial charge on any atom is 0.261 e. The van der Waals surface area contributed by atoms with Crippen LogP contribution in [0, 0.1) is 5.82 Å². The number of hydrogen-bond acceptors (Lipinski definition) is 3. The van der Waals surface area contributed by atoms with E-state index in [1.54, 1.807) is 7.05 Å². The van der Waals surface area contributed by atoms with Gasteiger partial charge in [-0.3, -0.25) is 4.79 Å². The van der Waals surface area contributed by atoms with Crippen molar-refractivity contribution in [3.05, 3.63) is 29.6 Å². The van der Waals surface area contributed by atoms with Gasteiger partial charge < -0.3 is 4.90 Å². The first-order valence-corrected chi connectivity index (χ1v) is 8.58. The highest BCUT2D eigenvalue weighted by molar-refractivity contribution is 8.13. The van der Waals surface area contributed by atoms with Crippen LogP contribution in [0.2, 0.25) is 0 Å². The number of benzene rings is 1. The molecule has 0 N–H and O–H groups in total. The fourth-order valence-electron chi connectivity index (χ4n) is 1.73. The maximum atomic E-state index is 13.8. The Morgan fingerprint density at radius 1 is 1.35 bits per heavy atom. The fourth-order valence-corrected chi connectivity index (χ4v) is 2.49. The summed E-state index contributed by atoms with van der Waals surface area (Å²) in [7, 11) is 2.71. The molecule has 0 aromatic heterocycles. The van der Waals surface area contributed by atoms with Crippen LogP contribution in [0.5, 0.6) is 0 Å². The average Bonchev–Trinajstić information content (AvgIpc) is 2.37. The zero-order valence-electron chi connectivity index (χ0n) is 11.4. The Balaban J connectivity index is 2.89. The van der Waals surface area contributed by atoms with E-state index in [-0.39, 0.29) is 10.5 Å². The molecule has 20 heavy (non-hydrogen) atoms. The van der Waals surface area contributed by atoms with Crippen LogP contribution in [0.1, 0.15) is 36.5 Å². The molecule has 0 aliphatic rings. The largest absolute Gasteiger partial charge is 0.342 e. The molecule has 0 saturated heterocycles. The van der Waals surface area contributed by atoms with Crippen molar-refractivity contribution in [1.82, 2.24) is 4.90 Å². The average molecular weight is 322 g/mol. The molecule has 7 heteroatoms. The summed E-state index contributed by atoms with van der Waals surface area (Å²) in [5.41, 5.74) is -0.159. The molecule has 4 nitrogen and oxygen atoms in total. The molecule has 0 heterocycles. The van der Waals surface area contributed by atoms with Crippen LogP contribution in [-0.4, -0.2) is 32.8 Å². The van der Waals surface area contributed by atoms with Gasteiger partial charge in [0.2, 0.25) is 0 Å². The quantitative estimate of drug-likeness (QED) is 0.598. The van der Waals surface area contributed by atoms with Gasteiger partial charge >= 0.3 is 0 Å². The van der Waals surface area contributed by atoms with Gasteiger partial charge in [-0.25, -0.2) is 12.8 Å². The Morgan fingerprint density at radius 3 is 2.50 bits per heavy atom. The molecule has 0 fully saturated rings. The number of carbonyl (C=O) groups is 1. The van der Waals surface area contributed by atoms with Crippen LogP contribution in [0.4, 0.5) is 4.39 Å². The van der Waals surface area contributed by atoms with E-state index in [1.165, 1.54) is 4.90 Å². The van der Waals surface area contributed by atoms with Gasteiger partial charge in [0.1, 0.15) is 5.82 Å². The zero-order chi connectivity index (χ0) is 15.3. The van der Waals surface area contributed by atoms with Crippen molar-refractivity contribution in [1.29, 1.82) is 0 Å². The summed E-state index contributed by atoms with van der Waals surface area (Å²) in [5, 5.41) is 0. The predicted octanol–water partition coefficient (Wildman–Crippen LogP) is 3.02. The molecule has 0 aliphatic heterocycles. The highest BCUT2D eigenvalue weighted by Crippen LogP contribution is 2.19. The Morgan fingerprint density at radius 2 is 2.00 bits per heavy atom. The third-order valence-electron chi connectivity index (χ3n) is 2.90. The molecule has 0 aliphatic carbocycles. The normalized spacial score (nSPS) is 11.4. The van der Waals surface area contributed by atoms with Gasteiger partial charge in [-0.15, -0.1) is 0 Å². The number of carbonyl (C=O) groups excluding carboxylic acids is 1. The molecule has 0 radical (unpaired) electrons. The van der Waals surface area contributed by atoms with Crippen molar-refractivity contribution in [2.45, 2.75) is 31.1 Å². The minimum atomic E-state index is -4.00. The summed E-state index contributed by atoms with van der Waals surface area (Å²) in [6.45, 7) is 2.58. The molecule has 0 spiro atoms. The van der Waals surface area contributed by atoms with Crippen LogP contribution in [0.3, 0.4) is 0 Å². The van der Waals surface area contributed by atoms with Gasteiger partial charge in [0.15, 0.2) is 0 Å². The van der Waals surface area contributed by atoms with Crippen LogP contribution >= 0.6 is 10.7 Å². The fraction of sp³-hybridized carbons (Fsp3) is 0.462. The highest BCUT2D eigenvalue weighted by Gasteiger charge is 2.19. The van der Waals surface area contributed by atoms with Gasteiger partial charge in [0.05, 0.1) is 10.5 Å². The summed E-state index contributed by atoms with van der Waals surface area (Å²) in [6, 6.07) is 3.03. The van der Waals surface area contributed by atoms with Gasteiger partial charge in [0.25, 0.3) is 15.0 Å². The van der Waals surface area contributed by atoms with Crippen molar-refractivity contribution in [3.8, 4) is 0 Å². The van der Waals surface area contributed by atoms with Crippen LogP contribution < -0.4 is 0 Å². The second-order valence-corrected chi connectivity index (χ2v) is 7.08. The SMILES string of the molecule is CCCCCN(C)C(=O)c1ccc(S(=O)(=O)Cl)cc1F. The van der Waals surface area contributed by atoms with Crippen molar-refractivity contribution >= 4 is 25.6 Å². The van der Waals surface area contributed by atoms with E-state index < -0.39 is 20.8 Å². The van der Waals surface area contributed by atoms with Crippen LogP contribution in [-0.2, 0) is 9.05 Å². The van der Waals surface area contributed by atoms with E-state index in [0.29, 0.717) is 6.54 Å². The van der Waals surface area contributed by atoms with E-state index in [0.717, 1.165) is 37.5 Å². The monoisotopic (exact) mass is 321 g/mol. The summed E-state index contributed by atoms with van der Waals surface area (Å²) in [4.78, 5) is 13.1. The Labute approximate surface area is 123 Å². The molecular weight excluding hydrogens is 305 g/mol. The smallest absolute Gasteiger partial charge is 0.261 e. The second-order valence-electron chi connectivity index (χ2n) is 4.51. The molecule has 0 bridgehead atoms. The predicted molar refractivity (Wildman–Crippen MR) is 75.9 cm³/mol. The molecule has 1 aromatic carbocycles. The number of nitrogens with zero attached hydrogens (tertiary/aromatic N) is 1. The molecular formula is C13H17ClFNO3S. The lowest BCUT2D eigenvalue weighted by molar-refractivity contribution is 0.0788. The van der Waals surface area contributed by atoms with Crippen LogP contribution in [0.25, 0.3) is 0 Å². The van der Waals surface area contributed by atoms with Gasteiger partial charge in [-0.05, 0) is 24.6 Å². The van der Waals surface area contributed by atoms with E-state index in [1.807, 2.05) is 6.92 Å². The number of unbranched alkanes of at least 4 members (excludes halogenated alkanes) is 2. The number of hydrogen-bond donors (Lipinski definition) is 0. The second kappa shape index (κ2) is 7.04. The molecule has 1 rings (SSSR count). The van der Waals surface area contributed by atoms with E-state index in [2.05, 4.69) is 0 Å². The minimum absolute atomic E-state index is 0.159. The van der Waals surface area contributed by atoms with Gasteiger partial charge in [-0.1, -0.05) is 19.8 Å². The highest BCUT2D eigenvalue weighted by atomic mass is 35.7. The first kappa shape index (κ1) is 16.9. The standard InChI is InChI=1S/C13H17ClFNO3S/c1-3-4-5-8-16(2)13(17)11-7-6-10(9-12(11)15)20(14,18)19/h6-7,9H,3-5,8H2,1-2H3. The lowest BCUT2D eigenvalue weighted by atomic mass is 10.1. The molecule has 0 atom stereocenters. The third-order valence-corrected chi connectivity index (χ3v) is 4.25. The first-order chi connectivity index (χ1) is 9.27. The number of rotatable bonds is 6. The minimum Gasteiger partial charge on any atom is -0.342 e. The van der Waals surface area contributed by atoms with E-state index >= 15 is 0 Å². The van der Waals surface area contributed by atoms with E-state index in [9.17, 15) is 17.6 Å². The Kier molecular flexibility index (Phi) is 5.95. The number of amides is 1. The molecule has 1 amide bonds. The lowest BCUT2D eigenvalue weighted by Gasteiger charge is -2.17. The topological polar surface area (TPSA) is 54.5 Å². The van der Waals surface area contributed by atoms with Crippen molar-refractivity contribution in [2.24, 2.45) is 0 Å². The summed E-state index contributed by atoms with van der Waals surface area (Å²) >= 11 is 0. The summed E-state index contributed by atoms with van der Waals surface area (Å²) < 4.78 is 36.0. The zero-order valence-corrected chi connectivity index (χ0v) is 13.0. The van der Waals surface area contributed by atoms with Crippen molar-refractivity contribution < 1.29 is 17.6 Å². The van der Waals surface area contributed by atoms with Gasteiger partial charge in [-0.2, -0.15) is 0 Å². The first-order valence-electron chi connectivity index (χ1n) is 6.27. The molecule has 1 aromatic rings. The summed E-state index contributed by atoms with van der Waals surface area (Å²) in [6.07, 6.45) is 2.86. The van der Waals surface area contributed by atoms with Crippen LogP contribution in [0.15, 0.2) is 23.1 Å². The van der Waals surface area contributed by atoms with Gasteiger partial charge in [0, 0.05) is 24.3 Å². The molecule has 112 valence electrons.